The van der Waals surface area contributed by atoms with Crippen LogP contribution < -0.4 is 11.1 Å². The number of nitrogens with two attached hydrogens (primary N) is 1. The monoisotopic (exact) mass is 563 g/mol. The predicted molar refractivity (Wildman–Crippen MR) is 132 cm³/mol. The number of aryl methyl sites for hydroxylation is 1. The van der Waals surface area contributed by atoms with Gasteiger partial charge in [-0.3, -0.25) is 14.5 Å². The zero-order valence-corrected chi connectivity index (χ0v) is 21.7. The molecule has 182 valence electrons. The van der Waals surface area contributed by atoms with Crippen LogP contribution in [0.5, 0.6) is 0 Å². The topological polar surface area (TPSA) is 173 Å². The fourth-order valence-corrected chi connectivity index (χ4v) is 6.96. The Labute approximate surface area is 215 Å². The first kappa shape index (κ1) is 26.2. The predicted octanol–water partition coefficient (Wildman–Crippen LogP) is 1.19. The van der Waals surface area contributed by atoms with Crippen LogP contribution in [0.3, 0.4) is 0 Å². The number of β-lactam (4-membered cyclic amide) rings is 1. The number of nitrogens with one attached hydrogen (secondary N) is 1. The van der Waals surface area contributed by atoms with Crippen LogP contribution in [-0.2, 0) is 19.2 Å². The van der Waals surface area contributed by atoms with Gasteiger partial charge >= 0.3 is 5.97 Å². The Morgan fingerprint density at radius 2 is 2.24 bits per heavy atom. The maximum atomic E-state index is 12.9. The number of hydrogen-bond acceptors (Lipinski definition) is 13. The minimum Gasteiger partial charge on any atom is -0.477 e. The molecule has 0 spiro atoms. The number of halogens is 1. The summed E-state index contributed by atoms with van der Waals surface area (Å²) in [5, 5.41) is 23.6. The highest BCUT2D eigenvalue weighted by Gasteiger charge is 2.54. The number of aromatic nitrogens is 3. The van der Waals surface area contributed by atoms with E-state index in [2.05, 4.69) is 25.7 Å². The molecule has 1 saturated heterocycles. The van der Waals surface area contributed by atoms with Gasteiger partial charge in [0.2, 0.25) is 0 Å². The Balaban J connectivity index is 0.00000324. The Morgan fingerprint density at radius 3 is 2.82 bits per heavy atom. The van der Waals surface area contributed by atoms with E-state index < -0.39 is 29.2 Å². The van der Waals surface area contributed by atoms with Gasteiger partial charge in [0.25, 0.3) is 11.8 Å². The van der Waals surface area contributed by atoms with E-state index in [0.717, 1.165) is 0 Å². The van der Waals surface area contributed by atoms with Crippen molar-refractivity contribution in [3.8, 4) is 0 Å². The van der Waals surface area contributed by atoms with E-state index in [9.17, 15) is 19.5 Å². The number of amides is 2. The normalized spacial score (nSPS) is 19.8. The molecule has 4 heterocycles. The van der Waals surface area contributed by atoms with Crippen LogP contribution in [0.1, 0.15) is 10.6 Å². The van der Waals surface area contributed by atoms with Gasteiger partial charge in [0, 0.05) is 16.4 Å². The Kier molecular flexibility index (Phi) is 8.40. The van der Waals surface area contributed by atoms with Crippen molar-refractivity contribution in [1.29, 1.82) is 0 Å². The lowest BCUT2D eigenvalue weighted by molar-refractivity contribution is -0.150. The van der Waals surface area contributed by atoms with Gasteiger partial charge in [0.05, 0.1) is 0 Å². The molecular formula is C17H18ClN7O5S4. The average Bonchev–Trinajstić information content (AvgIpc) is 3.42. The van der Waals surface area contributed by atoms with Gasteiger partial charge in [0.15, 0.2) is 15.2 Å². The summed E-state index contributed by atoms with van der Waals surface area (Å²) in [6.07, 6.45) is 0. The lowest BCUT2D eigenvalue weighted by Crippen LogP contribution is -2.71. The molecule has 2 aliphatic rings. The molecule has 1 fully saturated rings. The molecule has 0 aliphatic carbocycles. The highest BCUT2D eigenvalue weighted by molar-refractivity contribution is 8.01. The maximum absolute atomic E-state index is 12.9. The van der Waals surface area contributed by atoms with E-state index >= 15 is 0 Å². The van der Waals surface area contributed by atoms with Crippen molar-refractivity contribution in [2.24, 2.45) is 5.16 Å². The van der Waals surface area contributed by atoms with Crippen molar-refractivity contribution >= 4 is 87.2 Å². The number of carboxylic acids is 1. The Hall–Kier alpha value is -2.40. The number of carbonyl (C=O) groups is 3. The first-order valence-corrected chi connectivity index (χ1v) is 13.0. The molecule has 2 aliphatic heterocycles. The third-order valence-corrected chi connectivity index (χ3v) is 8.77. The van der Waals surface area contributed by atoms with Gasteiger partial charge in [0.1, 0.15) is 35.4 Å². The molecule has 0 saturated carbocycles. The third-order valence-electron chi connectivity index (χ3n) is 4.68. The van der Waals surface area contributed by atoms with Gasteiger partial charge in [-0.2, -0.15) is 0 Å². The lowest BCUT2D eigenvalue weighted by atomic mass is 10.0. The lowest BCUT2D eigenvalue weighted by Gasteiger charge is -2.49. The number of nitrogens with zero attached hydrogens (tertiary/aromatic N) is 5. The van der Waals surface area contributed by atoms with Gasteiger partial charge in [-0.15, -0.1) is 45.7 Å². The highest BCUT2D eigenvalue weighted by atomic mass is 35.5. The Bertz CT molecular complexity index is 1170. The number of thiazole rings is 1. The fraction of sp³-hybridized carbons (Fsp3) is 0.353. The van der Waals surface area contributed by atoms with Crippen molar-refractivity contribution in [3.05, 3.63) is 27.4 Å². The van der Waals surface area contributed by atoms with E-state index in [0.29, 0.717) is 26.3 Å². The average molecular weight is 564 g/mol. The standard InChI is InChI=1S/C17H17N7O5S4.ClH/c1-6-8(21-16(18)33-6)9(23-29-2)12(25)20-10-13(26)24-11(15(27)28)7(3-30-14(10)24)4-31-17-22-19-5-32-17;/h5,10,14H,3-4H2,1-2H3,(H2,18,21)(H,20,25)(H,27,28);1H/t10?,14-;/m1./s1. The van der Waals surface area contributed by atoms with E-state index in [1.807, 2.05) is 0 Å². The molecule has 2 atom stereocenters. The van der Waals surface area contributed by atoms with Gasteiger partial charge in [-0.05, 0) is 12.5 Å². The number of thioether (sulfide) groups is 2. The summed E-state index contributed by atoms with van der Waals surface area (Å²) in [7, 11) is 1.29. The first-order valence-electron chi connectivity index (χ1n) is 9.26. The zero-order chi connectivity index (χ0) is 23.7. The van der Waals surface area contributed by atoms with E-state index in [1.165, 1.54) is 58.2 Å². The van der Waals surface area contributed by atoms with Crippen LogP contribution >= 0.6 is 58.6 Å². The molecule has 1 unspecified atom stereocenters. The van der Waals surface area contributed by atoms with Crippen molar-refractivity contribution in [2.75, 3.05) is 24.3 Å². The van der Waals surface area contributed by atoms with Crippen molar-refractivity contribution in [1.82, 2.24) is 25.4 Å². The molecule has 12 nitrogen and oxygen atoms in total. The third kappa shape index (κ3) is 5.00. The maximum Gasteiger partial charge on any atom is 0.352 e. The molecule has 2 aromatic rings. The quantitative estimate of drug-likeness (QED) is 0.182. The van der Waals surface area contributed by atoms with Crippen molar-refractivity contribution < 1.29 is 24.3 Å². The molecule has 17 heteroatoms. The molecule has 0 bridgehead atoms. The van der Waals surface area contributed by atoms with E-state index in [1.54, 1.807) is 12.4 Å². The summed E-state index contributed by atoms with van der Waals surface area (Å²) in [5.74, 6) is -1.60. The smallest absolute Gasteiger partial charge is 0.352 e. The summed E-state index contributed by atoms with van der Waals surface area (Å²) < 4.78 is 0.711. The van der Waals surface area contributed by atoms with Crippen LogP contribution in [0.25, 0.3) is 0 Å². The van der Waals surface area contributed by atoms with Crippen LogP contribution in [-0.4, -0.2) is 78.7 Å². The van der Waals surface area contributed by atoms with Crippen LogP contribution in [0, 0.1) is 6.92 Å². The largest absolute Gasteiger partial charge is 0.477 e. The van der Waals surface area contributed by atoms with Crippen molar-refractivity contribution in [2.45, 2.75) is 22.7 Å². The zero-order valence-electron chi connectivity index (χ0n) is 17.6. The minimum absolute atomic E-state index is 0. The number of fused-ring (bicyclic) bond motifs is 1. The number of carboxylic acid groups (broad SMARTS) is 1. The number of rotatable bonds is 8. The summed E-state index contributed by atoms with van der Waals surface area (Å²) in [6, 6.07) is -0.910. The molecule has 34 heavy (non-hydrogen) atoms. The fourth-order valence-electron chi connectivity index (χ4n) is 3.30. The summed E-state index contributed by atoms with van der Waals surface area (Å²) in [6.45, 7) is 1.74. The molecule has 4 N–H and O–H groups in total. The first-order chi connectivity index (χ1) is 15.8. The number of anilines is 1. The van der Waals surface area contributed by atoms with Gasteiger partial charge in [-0.1, -0.05) is 28.3 Å². The number of hydrogen-bond donors (Lipinski definition) is 3. The summed E-state index contributed by atoms with van der Waals surface area (Å²) in [4.78, 5) is 48.6. The number of oxime groups is 1. The number of nitrogen functional groups attached to an aromatic ring is 1. The van der Waals surface area contributed by atoms with Crippen LogP contribution in [0.15, 0.2) is 26.3 Å². The second kappa shape index (κ2) is 10.9. The minimum atomic E-state index is -1.19. The number of aliphatic carboxylic acids is 1. The van der Waals surface area contributed by atoms with Crippen LogP contribution in [0.4, 0.5) is 5.13 Å². The molecule has 2 amide bonds. The Morgan fingerprint density at radius 1 is 1.47 bits per heavy atom. The van der Waals surface area contributed by atoms with Crippen LogP contribution in [0.2, 0.25) is 0 Å². The molecule has 2 aromatic heterocycles. The molecule has 0 radical (unpaired) electrons. The number of carbonyl (C=O) groups excluding carboxylic acids is 2. The van der Waals surface area contributed by atoms with E-state index in [-0.39, 0.29) is 34.6 Å². The summed E-state index contributed by atoms with van der Waals surface area (Å²) in [5.41, 5.74) is 8.02. The summed E-state index contributed by atoms with van der Waals surface area (Å²) >= 11 is 5.29. The second-order valence-electron chi connectivity index (χ2n) is 6.69. The molecular weight excluding hydrogens is 546 g/mol. The van der Waals surface area contributed by atoms with Gasteiger partial charge < -0.3 is 21.0 Å². The molecule has 0 aromatic carbocycles. The highest BCUT2D eigenvalue weighted by Crippen LogP contribution is 2.41. The second-order valence-corrected chi connectivity index (χ2v) is 11.1. The van der Waals surface area contributed by atoms with Crippen molar-refractivity contribution in [3.63, 3.8) is 0 Å². The SMILES string of the molecule is CON=C(C(=O)NC1C(=O)N2C(C(=O)O)=C(CSc3nncs3)CS[C@H]12)c1nc(N)sc1C.Cl. The van der Waals surface area contributed by atoms with Gasteiger partial charge in [-0.25, -0.2) is 9.78 Å². The molecule has 4 rings (SSSR count). The van der Waals surface area contributed by atoms with E-state index in [4.69, 9.17) is 10.6 Å².